The Morgan fingerprint density at radius 3 is 2.45 bits per heavy atom. The molecule has 3 aliphatic heterocycles. The fourth-order valence-electron chi connectivity index (χ4n) is 6.80. The lowest BCUT2D eigenvalue weighted by Gasteiger charge is -2.38. The molecule has 1 aromatic rings. The van der Waals surface area contributed by atoms with Gasteiger partial charge in [-0.05, 0) is 45.6 Å². The molecule has 4 rings (SSSR count). The number of likely N-dealkylation sites (tertiary alicyclic amines) is 1. The van der Waals surface area contributed by atoms with E-state index in [2.05, 4.69) is 13.2 Å². The van der Waals surface area contributed by atoms with Gasteiger partial charge in [-0.1, -0.05) is 42.5 Å². The molecule has 0 aliphatic carbocycles. The van der Waals surface area contributed by atoms with Crippen LogP contribution in [0.15, 0.2) is 55.6 Å². The minimum absolute atomic E-state index is 0.103. The zero-order chi connectivity index (χ0) is 27.7. The molecule has 1 spiro atoms. The van der Waals surface area contributed by atoms with Crippen molar-refractivity contribution in [2.75, 3.05) is 26.2 Å². The standard InChI is InChI=1S/C30H41N3O5/c1-6-16-31(20-22-12-9-8-10-13-22)26(35)23-24-27(36)33(18-11-19-34)25(28(37)32(17-7-2)21(3)4)30(24)15-14-29(23,5)38-30/h6-10,12-13,21,23-25,34H,1-2,11,14-20H2,3-5H3/t23-,24-,25?,29+,30?/m0/s1. The quantitative estimate of drug-likeness (QED) is 0.426. The van der Waals surface area contributed by atoms with Crippen LogP contribution in [-0.2, 0) is 25.7 Å². The topological polar surface area (TPSA) is 90.4 Å². The maximum atomic E-state index is 14.2. The van der Waals surface area contributed by atoms with Crippen LogP contribution in [0.5, 0.6) is 0 Å². The number of benzene rings is 1. The first kappa shape index (κ1) is 28.0. The summed E-state index contributed by atoms with van der Waals surface area (Å²) >= 11 is 0. The van der Waals surface area contributed by atoms with E-state index in [9.17, 15) is 19.5 Å². The number of ether oxygens (including phenoxy) is 1. The number of aliphatic hydroxyl groups is 1. The van der Waals surface area contributed by atoms with Crippen molar-refractivity contribution in [1.29, 1.82) is 0 Å². The molecule has 3 amide bonds. The maximum Gasteiger partial charge on any atom is 0.248 e. The minimum Gasteiger partial charge on any atom is -0.396 e. The summed E-state index contributed by atoms with van der Waals surface area (Å²) in [5.41, 5.74) is -0.950. The van der Waals surface area contributed by atoms with E-state index in [1.807, 2.05) is 51.1 Å². The first-order chi connectivity index (χ1) is 18.1. The number of hydrogen-bond acceptors (Lipinski definition) is 5. The van der Waals surface area contributed by atoms with Crippen LogP contribution in [-0.4, -0.2) is 87.1 Å². The summed E-state index contributed by atoms with van der Waals surface area (Å²) in [4.78, 5) is 47.5. The molecule has 8 nitrogen and oxygen atoms in total. The van der Waals surface area contributed by atoms with Crippen molar-refractivity contribution in [2.45, 2.75) is 69.9 Å². The number of carbonyl (C=O) groups excluding carboxylic acids is 3. The fraction of sp³-hybridized carbons (Fsp3) is 0.567. The van der Waals surface area contributed by atoms with E-state index in [0.29, 0.717) is 38.9 Å². The normalized spacial score (nSPS) is 29.4. The molecule has 5 atom stereocenters. The number of amides is 3. The lowest BCUT2D eigenvalue weighted by atomic mass is 9.66. The largest absolute Gasteiger partial charge is 0.396 e. The Balaban J connectivity index is 1.74. The SMILES string of the molecule is C=CCN(Cc1ccccc1)C(=O)[C@@H]1[C@H]2C(=O)N(CCCO)C(C(=O)N(CC=C)C(C)C)C23CC[C@@]1(C)O3. The van der Waals surface area contributed by atoms with E-state index in [1.54, 1.807) is 26.9 Å². The molecule has 8 heteroatoms. The van der Waals surface area contributed by atoms with E-state index in [1.165, 1.54) is 0 Å². The van der Waals surface area contributed by atoms with Crippen LogP contribution in [0.3, 0.4) is 0 Å². The highest BCUT2D eigenvalue weighted by atomic mass is 16.5. The van der Waals surface area contributed by atoms with Crippen molar-refractivity contribution < 1.29 is 24.2 Å². The molecule has 3 aliphatic rings. The van der Waals surface area contributed by atoms with Gasteiger partial charge in [0.25, 0.3) is 0 Å². The molecule has 38 heavy (non-hydrogen) atoms. The number of carbonyl (C=O) groups is 3. The summed E-state index contributed by atoms with van der Waals surface area (Å²) in [5.74, 6) is -2.06. The van der Waals surface area contributed by atoms with Crippen LogP contribution >= 0.6 is 0 Å². The second kappa shape index (κ2) is 11.0. The molecule has 2 bridgehead atoms. The van der Waals surface area contributed by atoms with Gasteiger partial charge in [-0.25, -0.2) is 0 Å². The minimum atomic E-state index is -1.08. The molecule has 3 heterocycles. The van der Waals surface area contributed by atoms with Crippen molar-refractivity contribution in [3.8, 4) is 0 Å². The third kappa shape index (κ3) is 4.58. The van der Waals surface area contributed by atoms with Crippen molar-refractivity contribution in [1.82, 2.24) is 14.7 Å². The Bertz CT molecular complexity index is 1070. The second-order valence-electron chi connectivity index (χ2n) is 11.2. The van der Waals surface area contributed by atoms with Crippen LogP contribution in [0.4, 0.5) is 0 Å². The molecule has 0 aromatic heterocycles. The van der Waals surface area contributed by atoms with Gasteiger partial charge in [0, 0.05) is 38.8 Å². The molecule has 206 valence electrons. The van der Waals surface area contributed by atoms with Crippen molar-refractivity contribution in [2.24, 2.45) is 11.8 Å². The van der Waals surface area contributed by atoms with Gasteiger partial charge in [0.2, 0.25) is 17.7 Å². The van der Waals surface area contributed by atoms with Gasteiger partial charge in [0.1, 0.15) is 11.6 Å². The smallest absolute Gasteiger partial charge is 0.248 e. The molecule has 2 unspecified atom stereocenters. The predicted molar refractivity (Wildman–Crippen MR) is 145 cm³/mol. The lowest BCUT2D eigenvalue weighted by molar-refractivity contribution is -0.154. The number of fused-ring (bicyclic) bond motifs is 1. The summed E-state index contributed by atoms with van der Waals surface area (Å²) < 4.78 is 6.73. The third-order valence-electron chi connectivity index (χ3n) is 8.44. The van der Waals surface area contributed by atoms with Crippen molar-refractivity contribution in [3.05, 3.63) is 61.2 Å². The fourth-order valence-corrected chi connectivity index (χ4v) is 6.80. The highest BCUT2D eigenvalue weighted by Crippen LogP contribution is 2.63. The highest BCUT2D eigenvalue weighted by Gasteiger charge is 2.78. The van der Waals surface area contributed by atoms with Crippen LogP contribution < -0.4 is 0 Å². The number of aliphatic hydroxyl groups excluding tert-OH is 1. The Kier molecular flexibility index (Phi) is 8.14. The average molecular weight is 524 g/mol. The molecule has 1 aromatic carbocycles. The van der Waals surface area contributed by atoms with Gasteiger partial charge in [-0.2, -0.15) is 0 Å². The summed E-state index contributed by atoms with van der Waals surface area (Å²) in [7, 11) is 0. The molecule has 1 N–H and O–H groups in total. The molecule has 0 saturated carbocycles. The predicted octanol–water partition coefficient (Wildman–Crippen LogP) is 2.77. The Labute approximate surface area is 225 Å². The van der Waals surface area contributed by atoms with E-state index >= 15 is 0 Å². The van der Waals surface area contributed by atoms with E-state index in [4.69, 9.17) is 4.74 Å². The highest BCUT2D eigenvalue weighted by molar-refractivity contribution is 5.99. The first-order valence-electron chi connectivity index (χ1n) is 13.6. The van der Waals surface area contributed by atoms with Crippen LogP contribution in [0.1, 0.15) is 45.6 Å². The Morgan fingerprint density at radius 1 is 1.16 bits per heavy atom. The Hall–Kier alpha value is -2.97. The monoisotopic (exact) mass is 523 g/mol. The first-order valence-corrected chi connectivity index (χ1v) is 13.6. The summed E-state index contributed by atoms with van der Waals surface area (Å²) in [5, 5.41) is 9.56. The van der Waals surface area contributed by atoms with Gasteiger partial charge < -0.3 is 24.5 Å². The second-order valence-corrected chi connectivity index (χ2v) is 11.2. The van der Waals surface area contributed by atoms with Crippen LogP contribution in [0.2, 0.25) is 0 Å². The number of rotatable bonds is 12. The zero-order valence-electron chi connectivity index (χ0n) is 22.8. The van der Waals surface area contributed by atoms with Gasteiger partial charge in [-0.15, -0.1) is 13.2 Å². The Morgan fingerprint density at radius 2 is 1.84 bits per heavy atom. The molecule has 0 radical (unpaired) electrons. The maximum absolute atomic E-state index is 14.2. The van der Waals surface area contributed by atoms with E-state index in [-0.39, 0.29) is 36.9 Å². The van der Waals surface area contributed by atoms with E-state index < -0.39 is 29.1 Å². The summed E-state index contributed by atoms with van der Waals surface area (Å²) in [6, 6.07) is 8.78. The van der Waals surface area contributed by atoms with Gasteiger partial charge in [0.05, 0.1) is 17.4 Å². The molecular formula is C30H41N3O5. The van der Waals surface area contributed by atoms with Crippen LogP contribution in [0, 0.1) is 11.8 Å². The van der Waals surface area contributed by atoms with Crippen LogP contribution in [0.25, 0.3) is 0 Å². The average Bonchev–Trinajstić information content (AvgIpc) is 3.46. The van der Waals surface area contributed by atoms with Gasteiger partial charge >= 0.3 is 0 Å². The van der Waals surface area contributed by atoms with Crippen molar-refractivity contribution >= 4 is 17.7 Å². The van der Waals surface area contributed by atoms with E-state index in [0.717, 1.165) is 5.56 Å². The number of hydrogen-bond donors (Lipinski definition) is 1. The van der Waals surface area contributed by atoms with Crippen molar-refractivity contribution in [3.63, 3.8) is 0 Å². The lowest BCUT2D eigenvalue weighted by Crippen LogP contribution is -2.57. The molecule has 3 saturated heterocycles. The molecule has 3 fully saturated rings. The zero-order valence-corrected chi connectivity index (χ0v) is 22.8. The van der Waals surface area contributed by atoms with Gasteiger partial charge in [0.15, 0.2) is 0 Å². The summed E-state index contributed by atoms with van der Waals surface area (Å²) in [6.07, 6.45) is 4.82. The number of nitrogens with zero attached hydrogens (tertiary/aromatic N) is 3. The van der Waals surface area contributed by atoms with Gasteiger partial charge in [-0.3, -0.25) is 14.4 Å². The third-order valence-corrected chi connectivity index (χ3v) is 8.44. The summed E-state index contributed by atoms with van der Waals surface area (Å²) in [6.45, 7) is 14.6. The molecular weight excluding hydrogens is 482 g/mol.